The SMILES string of the molecule is CCCCCCCCCCCCOCC(CCCCC(=O)O)OCCCCCCCCCC. The fourth-order valence-electron chi connectivity index (χ4n) is 4.26. The van der Waals surface area contributed by atoms with Crippen molar-refractivity contribution in [2.75, 3.05) is 19.8 Å². The van der Waals surface area contributed by atoms with E-state index in [9.17, 15) is 4.79 Å². The molecule has 1 unspecified atom stereocenters. The Morgan fingerprint density at radius 3 is 1.55 bits per heavy atom. The lowest BCUT2D eigenvalue weighted by Crippen LogP contribution is -2.21. The van der Waals surface area contributed by atoms with E-state index in [1.54, 1.807) is 0 Å². The molecule has 0 fully saturated rings. The van der Waals surface area contributed by atoms with E-state index in [0.717, 1.165) is 45.3 Å². The van der Waals surface area contributed by atoms with Crippen LogP contribution in [0.3, 0.4) is 0 Å². The van der Waals surface area contributed by atoms with Gasteiger partial charge in [-0.1, -0.05) is 123 Å². The molecule has 1 N–H and O–H groups in total. The first-order chi connectivity index (χ1) is 16.2. The minimum Gasteiger partial charge on any atom is -0.481 e. The van der Waals surface area contributed by atoms with Crippen molar-refractivity contribution in [3.63, 3.8) is 0 Å². The number of hydrogen-bond donors (Lipinski definition) is 1. The maximum absolute atomic E-state index is 10.7. The molecule has 0 rings (SSSR count). The quantitative estimate of drug-likeness (QED) is 0.116. The molecule has 4 nitrogen and oxygen atoms in total. The zero-order valence-electron chi connectivity index (χ0n) is 22.4. The first-order valence-electron chi connectivity index (χ1n) is 14.6. The van der Waals surface area contributed by atoms with Crippen molar-refractivity contribution in [2.45, 2.75) is 161 Å². The van der Waals surface area contributed by atoms with Crippen LogP contribution >= 0.6 is 0 Å². The first kappa shape index (κ1) is 32.4. The minimum absolute atomic E-state index is 0.117. The van der Waals surface area contributed by atoms with Crippen LogP contribution in [0.25, 0.3) is 0 Å². The number of carbonyl (C=O) groups is 1. The van der Waals surface area contributed by atoms with Crippen molar-refractivity contribution in [3.8, 4) is 0 Å². The predicted octanol–water partition coefficient (Wildman–Crippen LogP) is 9.09. The largest absolute Gasteiger partial charge is 0.481 e. The highest BCUT2D eigenvalue weighted by Crippen LogP contribution is 2.13. The summed E-state index contributed by atoms with van der Waals surface area (Å²) in [5.41, 5.74) is 0. The maximum Gasteiger partial charge on any atom is 0.303 e. The Morgan fingerprint density at radius 2 is 1.06 bits per heavy atom. The van der Waals surface area contributed by atoms with Crippen LogP contribution in [0.2, 0.25) is 0 Å². The van der Waals surface area contributed by atoms with Gasteiger partial charge in [-0.05, 0) is 25.7 Å². The molecule has 33 heavy (non-hydrogen) atoms. The van der Waals surface area contributed by atoms with Crippen molar-refractivity contribution < 1.29 is 19.4 Å². The van der Waals surface area contributed by atoms with Gasteiger partial charge in [0.05, 0.1) is 12.7 Å². The standard InChI is InChI=1S/C29H58O4/c1-3-5-7-9-11-13-14-15-17-21-25-32-27-28(23-19-20-24-29(30)31)33-26-22-18-16-12-10-8-6-4-2/h28H,3-27H2,1-2H3,(H,30,31). The molecular weight excluding hydrogens is 412 g/mol. The highest BCUT2D eigenvalue weighted by atomic mass is 16.5. The van der Waals surface area contributed by atoms with Gasteiger partial charge in [-0.25, -0.2) is 0 Å². The predicted molar refractivity (Wildman–Crippen MR) is 141 cm³/mol. The summed E-state index contributed by atoms with van der Waals surface area (Å²) in [6, 6.07) is 0. The van der Waals surface area contributed by atoms with E-state index in [4.69, 9.17) is 14.6 Å². The van der Waals surface area contributed by atoms with Crippen LogP contribution in [0.5, 0.6) is 0 Å². The molecule has 0 amide bonds. The summed E-state index contributed by atoms with van der Waals surface area (Å²) < 4.78 is 12.1. The highest BCUT2D eigenvalue weighted by Gasteiger charge is 2.10. The van der Waals surface area contributed by atoms with Crippen molar-refractivity contribution in [1.82, 2.24) is 0 Å². The van der Waals surface area contributed by atoms with Crippen molar-refractivity contribution >= 4 is 5.97 Å². The Bertz CT molecular complexity index is 386. The smallest absolute Gasteiger partial charge is 0.303 e. The van der Waals surface area contributed by atoms with Crippen LogP contribution in [0.1, 0.15) is 155 Å². The van der Waals surface area contributed by atoms with Gasteiger partial charge in [0.15, 0.2) is 0 Å². The van der Waals surface area contributed by atoms with E-state index in [2.05, 4.69) is 13.8 Å². The average Bonchev–Trinajstić information content (AvgIpc) is 2.80. The molecule has 0 aromatic carbocycles. The van der Waals surface area contributed by atoms with Gasteiger partial charge < -0.3 is 14.6 Å². The summed E-state index contributed by atoms with van der Waals surface area (Å²) in [5.74, 6) is -0.705. The normalized spacial score (nSPS) is 12.3. The molecule has 1 atom stereocenters. The van der Waals surface area contributed by atoms with Crippen molar-refractivity contribution in [2.24, 2.45) is 0 Å². The number of unbranched alkanes of at least 4 members (excludes halogenated alkanes) is 17. The van der Waals surface area contributed by atoms with E-state index in [1.807, 2.05) is 0 Å². The minimum atomic E-state index is -0.705. The molecule has 0 aliphatic carbocycles. The lowest BCUT2D eigenvalue weighted by Gasteiger charge is -2.18. The van der Waals surface area contributed by atoms with Crippen molar-refractivity contribution in [1.29, 1.82) is 0 Å². The van der Waals surface area contributed by atoms with E-state index < -0.39 is 5.97 Å². The number of ether oxygens (including phenoxy) is 2. The van der Waals surface area contributed by atoms with Crippen molar-refractivity contribution in [3.05, 3.63) is 0 Å². The third kappa shape index (κ3) is 27.5. The Morgan fingerprint density at radius 1 is 0.606 bits per heavy atom. The summed E-state index contributed by atoms with van der Waals surface area (Å²) in [5, 5.41) is 8.84. The molecule has 0 saturated heterocycles. The molecule has 0 aliphatic heterocycles. The number of carboxylic acid groups (broad SMARTS) is 1. The zero-order valence-corrected chi connectivity index (χ0v) is 22.4. The van der Waals surface area contributed by atoms with E-state index in [-0.39, 0.29) is 12.5 Å². The summed E-state index contributed by atoms with van der Waals surface area (Å²) in [6.45, 7) is 6.81. The van der Waals surface area contributed by atoms with Gasteiger partial charge in [0.1, 0.15) is 0 Å². The van der Waals surface area contributed by atoms with Crippen LogP contribution in [0.4, 0.5) is 0 Å². The molecule has 0 spiro atoms. The van der Waals surface area contributed by atoms with Crippen LogP contribution in [-0.4, -0.2) is 37.0 Å². The Balaban J connectivity index is 3.75. The Labute approximate surface area is 206 Å². The monoisotopic (exact) mass is 470 g/mol. The Hall–Kier alpha value is -0.610. The van der Waals surface area contributed by atoms with Gasteiger partial charge in [0.2, 0.25) is 0 Å². The Kier molecular flexibility index (Phi) is 27.1. The van der Waals surface area contributed by atoms with E-state index in [1.165, 1.54) is 103 Å². The van der Waals surface area contributed by atoms with Crippen LogP contribution < -0.4 is 0 Å². The summed E-state index contributed by atoms with van der Waals surface area (Å²) in [6.07, 6.45) is 26.7. The third-order valence-electron chi connectivity index (χ3n) is 6.46. The van der Waals surface area contributed by atoms with Crippen LogP contribution in [0, 0.1) is 0 Å². The maximum atomic E-state index is 10.7. The van der Waals surface area contributed by atoms with Gasteiger partial charge in [0.25, 0.3) is 0 Å². The summed E-state index contributed by atoms with van der Waals surface area (Å²) in [7, 11) is 0. The molecule has 0 aliphatic rings. The molecular formula is C29H58O4. The molecule has 0 aromatic rings. The van der Waals surface area contributed by atoms with Crippen LogP contribution in [0.15, 0.2) is 0 Å². The summed E-state index contributed by atoms with van der Waals surface area (Å²) >= 11 is 0. The van der Waals surface area contributed by atoms with Gasteiger partial charge >= 0.3 is 5.97 Å². The highest BCUT2D eigenvalue weighted by molar-refractivity contribution is 5.66. The molecule has 0 bridgehead atoms. The third-order valence-corrected chi connectivity index (χ3v) is 6.46. The van der Waals surface area contributed by atoms with Gasteiger partial charge in [0, 0.05) is 19.6 Å². The lowest BCUT2D eigenvalue weighted by atomic mass is 10.1. The molecule has 0 aromatic heterocycles. The number of hydrogen-bond acceptors (Lipinski definition) is 3. The molecule has 0 saturated carbocycles. The second-order valence-electron chi connectivity index (χ2n) is 9.86. The van der Waals surface area contributed by atoms with Gasteiger partial charge in [-0.2, -0.15) is 0 Å². The fraction of sp³-hybridized carbons (Fsp3) is 0.966. The summed E-state index contributed by atoms with van der Waals surface area (Å²) in [4.78, 5) is 10.7. The van der Waals surface area contributed by atoms with Gasteiger partial charge in [-0.3, -0.25) is 4.79 Å². The van der Waals surface area contributed by atoms with Crippen LogP contribution in [-0.2, 0) is 14.3 Å². The van der Waals surface area contributed by atoms with E-state index >= 15 is 0 Å². The topological polar surface area (TPSA) is 55.8 Å². The second-order valence-corrected chi connectivity index (χ2v) is 9.86. The molecule has 0 radical (unpaired) electrons. The average molecular weight is 471 g/mol. The van der Waals surface area contributed by atoms with Gasteiger partial charge in [-0.15, -0.1) is 0 Å². The fourth-order valence-corrected chi connectivity index (χ4v) is 4.26. The second kappa shape index (κ2) is 27.6. The molecule has 0 heterocycles. The molecule has 4 heteroatoms. The van der Waals surface area contributed by atoms with E-state index in [0.29, 0.717) is 6.61 Å². The zero-order chi connectivity index (χ0) is 24.2. The lowest BCUT2D eigenvalue weighted by molar-refractivity contribution is -0.137. The molecule has 198 valence electrons. The number of aliphatic carboxylic acids is 1. The number of carboxylic acids is 1. The first-order valence-corrected chi connectivity index (χ1v) is 14.6. The number of rotatable bonds is 28.